The van der Waals surface area contributed by atoms with Crippen LogP contribution in [0.5, 0.6) is 0 Å². The van der Waals surface area contributed by atoms with Gasteiger partial charge in [0.15, 0.2) is 0 Å². The molecule has 2 heterocycles. The molecule has 2 aromatic heterocycles. The molecule has 4 heteroatoms. The number of unbranched alkanes of at least 4 members (excludes halogenated alkanes) is 2. The summed E-state index contributed by atoms with van der Waals surface area (Å²) in [6.07, 6.45) is 11.8. The van der Waals surface area contributed by atoms with Crippen molar-refractivity contribution in [2.75, 3.05) is 0 Å². The van der Waals surface area contributed by atoms with Crippen molar-refractivity contribution in [2.45, 2.75) is 91.9 Å². The summed E-state index contributed by atoms with van der Waals surface area (Å²) in [7, 11) is 0. The Kier molecular flexibility index (Phi) is 8.47. The fourth-order valence-electron chi connectivity index (χ4n) is 4.46. The average molecular weight is 445 g/mol. The molecule has 0 N–H and O–H groups in total. The molecule has 164 valence electrons. The molecule has 0 saturated heterocycles. The highest BCUT2D eigenvalue weighted by Gasteiger charge is 2.34. The molecule has 2 aromatic rings. The summed E-state index contributed by atoms with van der Waals surface area (Å²) in [4.78, 5) is 30.2. The van der Waals surface area contributed by atoms with Gasteiger partial charge >= 0.3 is 0 Å². The van der Waals surface area contributed by atoms with E-state index in [4.69, 9.17) is 0 Å². The van der Waals surface area contributed by atoms with E-state index < -0.39 is 0 Å². The van der Waals surface area contributed by atoms with Crippen LogP contribution in [0.3, 0.4) is 0 Å². The summed E-state index contributed by atoms with van der Waals surface area (Å²) in [5.41, 5.74) is 1.31. The molecule has 2 unspecified atom stereocenters. The fraction of sp³-hybridized carbons (Fsp3) is 0.615. The minimum absolute atomic E-state index is 0.302. The van der Waals surface area contributed by atoms with Crippen LogP contribution in [0.4, 0.5) is 0 Å². The smallest absolute Gasteiger partial charge is 0.235 e. The van der Waals surface area contributed by atoms with E-state index in [-0.39, 0.29) is 11.6 Å². The summed E-state index contributed by atoms with van der Waals surface area (Å²) >= 11 is 3.50. The Bertz CT molecular complexity index is 801. The number of fused-ring (bicyclic) bond motifs is 3. The largest absolute Gasteiger partial charge is 0.285 e. The standard InChI is InChI=1S/C26H36O2S2/c1-5-9-11-17(7-3)13-19-15-21-23(27)24(28)22-16-20(30-26(22)25(21)29-19)14-18(8-4)12-10-6-2/h15-18H,5-14H2,1-4H3. The Hall–Kier alpha value is -1.26. The lowest BCUT2D eigenvalue weighted by Crippen LogP contribution is -2.18. The average Bonchev–Trinajstić information content (AvgIpc) is 3.36. The van der Waals surface area contributed by atoms with E-state index in [0.717, 1.165) is 22.6 Å². The van der Waals surface area contributed by atoms with Crippen LogP contribution in [0, 0.1) is 11.8 Å². The molecular formula is C26H36O2S2. The molecule has 0 fully saturated rings. The van der Waals surface area contributed by atoms with Gasteiger partial charge in [-0.3, -0.25) is 9.59 Å². The van der Waals surface area contributed by atoms with Crippen molar-refractivity contribution < 1.29 is 9.59 Å². The number of carbonyl (C=O) groups excluding carboxylic acids is 2. The van der Waals surface area contributed by atoms with Crippen molar-refractivity contribution in [3.63, 3.8) is 0 Å². The topological polar surface area (TPSA) is 34.1 Å². The molecule has 2 nitrogen and oxygen atoms in total. The van der Waals surface area contributed by atoms with Crippen LogP contribution in [0.25, 0.3) is 9.75 Å². The van der Waals surface area contributed by atoms with Crippen LogP contribution in [-0.4, -0.2) is 11.6 Å². The zero-order valence-electron chi connectivity index (χ0n) is 19.0. The second kappa shape index (κ2) is 10.9. The molecule has 0 aromatic carbocycles. The van der Waals surface area contributed by atoms with Crippen molar-refractivity contribution in [1.29, 1.82) is 0 Å². The third-order valence-corrected chi connectivity index (χ3v) is 9.01. The maximum Gasteiger partial charge on any atom is 0.235 e. The van der Waals surface area contributed by atoms with E-state index in [0.29, 0.717) is 23.0 Å². The first-order chi connectivity index (χ1) is 14.5. The molecule has 0 amide bonds. The highest BCUT2D eigenvalue weighted by Crippen LogP contribution is 2.45. The number of carbonyl (C=O) groups is 2. The van der Waals surface area contributed by atoms with E-state index in [1.165, 1.54) is 61.1 Å². The summed E-state index contributed by atoms with van der Waals surface area (Å²) in [6, 6.07) is 4.04. The lowest BCUT2D eigenvalue weighted by molar-refractivity contribution is 0.0816. The van der Waals surface area contributed by atoms with Crippen molar-refractivity contribution in [1.82, 2.24) is 0 Å². The normalized spacial score (nSPS) is 15.2. The Labute approximate surface area is 190 Å². The molecule has 1 aliphatic carbocycles. The first kappa shape index (κ1) is 23.4. The second-order valence-electron chi connectivity index (χ2n) is 8.81. The Morgan fingerprint density at radius 2 is 1.10 bits per heavy atom. The SMILES string of the molecule is CCCCC(CC)Cc1cc2c(s1)-c1sc(CC(CC)CCCC)cc1C(=O)C2=O. The first-order valence-electron chi connectivity index (χ1n) is 11.9. The quantitative estimate of drug-likeness (QED) is 0.308. The number of thiophene rings is 2. The number of Topliss-reactive ketones (excluding diaryl/α,β-unsaturated/α-hetero) is 2. The molecular weight excluding hydrogens is 408 g/mol. The molecule has 0 aliphatic heterocycles. The molecule has 1 aliphatic rings. The fourth-order valence-corrected chi connectivity index (χ4v) is 7.15. The molecule has 3 rings (SSSR count). The van der Waals surface area contributed by atoms with Crippen molar-refractivity contribution in [2.24, 2.45) is 11.8 Å². The summed E-state index contributed by atoms with van der Waals surface area (Å²) in [5, 5.41) is 0. The van der Waals surface area contributed by atoms with E-state index in [1.807, 2.05) is 12.1 Å². The van der Waals surface area contributed by atoms with Gasteiger partial charge in [0.05, 0.1) is 9.75 Å². The van der Waals surface area contributed by atoms with Crippen LogP contribution < -0.4 is 0 Å². The summed E-state index contributed by atoms with van der Waals surface area (Å²) in [5.74, 6) is 0.726. The number of hydrogen-bond acceptors (Lipinski definition) is 4. The highest BCUT2D eigenvalue weighted by atomic mass is 32.1. The second-order valence-corrected chi connectivity index (χ2v) is 11.1. The molecule has 0 radical (unpaired) electrons. The van der Waals surface area contributed by atoms with Gasteiger partial charge in [-0.25, -0.2) is 0 Å². The summed E-state index contributed by atoms with van der Waals surface area (Å²) < 4.78 is 0. The van der Waals surface area contributed by atoms with Crippen LogP contribution in [0.15, 0.2) is 12.1 Å². The minimum Gasteiger partial charge on any atom is -0.285 e. The van der Waals surface area contributed by atoms with Crippen LogP contribution in [0.2, 0.25) is 0 Å². The van der Waals surface area contributed by atoms with Crippen LogP contribution >= 0.6 is 22.7 Å². The summed E-state index contributed by atoms with van der Waals surface area (Å²) in [6.45, 7) is 8.99. The predicted octanol–water partition coefficient (Wildman–Crippen LogP) is 8.37. The number of ketones is 2. The van der Waals surface area contributed by atoms with Gasteiger partial charge in [-0.05, 0) is 36.8 Å². The lowest BCUT2D eigenvalue weighted by Gasteiger charge is -2.12. The van der Waals surface area contributed by atoms with E-state index in [1.54, 1.807) is 22.7 Å². The highest BCUT2D eigenvalue weighted by molar-refractivity contribution is 7.23. The lowest BCUT2D eigenvalue weighted by atomic mass is 9.92. The van der Waals surface area contributed by atoms with Crippen molar-refractivity contribution >= 4 is 34.2 Å². The number of rotatable bonds is 12. The third kappa shape index (κ3) is 5.13. The van der Waals surface area contributed by atoms with E-state index in [9.17, 15) is 9.59 Å². The molecule has 2 atom stereocenters. The monoisotopic (exact) mass is 444 g/mol. The molecule has 0 spiro atoms. The van der Waals surface area contributed by atoms with Gasteiger partial charge in [0.2, 0.25) is 11.6 Å². The molecule has 0 saturated carbocycles. The van der Waals surface area contributed by atoms with Gasteiger partial charge in [-0.15, -0.1) is 22.7 Å². The minimum atomic E-state index is -0.302. The van der Waals surface area contributed by atoms with Gasteiger partial charge in [0, 0.05) is 20.9 Å². The van der Waals surface area contributed by atoms with Crippen LogP contribution in [-0.2, 0) is 12.8 Å². The van der Waals surface area contributed by atoms with Gasteiger partial charge in [-0.1, -0.05) is 79.1 Å². The van der Waals surface area contributed by atoms with Crippen molar-refractivity contribution in [3.05, 3.63) is 33.0 Å². The third-order valence-electron chi connectivity index (χ3n) is 6.53. The number of hydrogen-bond donors (Lipinski definition) is 0. The van der Waals surface area contributed by atoms with E-state index >= 15 is 0 Å². The molecule has 0 bridgehead atoms. The van der Waals surface area contributed by atoms with Crippen molar-refractivity contribution in [3.8, 4) is 9.75 Å². The zero-order valence-corrected chi connectivity index (χ0v) is 20.6. The van der Waals surface area contributed by atoms with E-state index in [2.05, 4.69) is 27.7 Å². The zero-order chi connectivity index (χ0) is 21.7. The first-order valence-corrected chi connectivity index (χ1v) is 13.5. The maximum absolute atomic E-state index is 12.8. The van der Waals surface area contributed by atoms with Gasteiger partial charge in [0.25, 0.3) is 0 Å². The molecule has 30 heavy (non-hydrogen) atoms. The Morgan fingerprint density at radius 1 is 0.700 bits per heavy atom. The maximum atomic E-state index is 12.8. The van der Waals surface area contributed by atoms with Gasteiger partial charge in [0.1, 0.15) is 0 Å². The van der Waals surface area contributed by atoms with Gasteiger partial charge in [-0.2, -0.15) is 0 Å². The van der Waals surface area contributed by atoms with Gasteiger partial charge < -0.3 is 0 Å². The van der Waals surface area contributed by atoms with Crippen LogP contribution in [0.1, 0.15) is 110 Å². The Morgan fingerprint density at radius 3 is 1.43 bits per heavy atom. The predicted molar refractivity (Wildman–Crippen MR) is 130 cm³/mol. The Balaban J connectivity index is 1.85.